The maximum Gasteiger partial charge on any atom is 0.230 e. The molecule has 0 aromatic heterocycles. The van der Waals surface area contributed by atoms with Crippen LogP contribution >= 0.6 is 35.4 Å². The number of thiocarbonyl (C=S) groups is 1. The molecule has 0 saturated carbocycles. The fourth-order valence-electron chi connectivity index (χ4n) is 1.94. The number of hydrogen-bond donors (Lipinski definition) is 2. The Kier molecular flexibility index (Phi) is 5.77. The van der Waals surface area contributed by atoms with Crippen LogP contribution in [0.1, 0.15) is 11.1 Å². The molecule has 0 radical (unpaired) electrons. The first-order chi connectivity index (χ1) is 10.4. The molecule has 3 nitrogen and oxygen atoms in total. The Hall–Kier alpha value is -1.62. The molecule has 1 amide bonds. The third-order valence-corrected chi connectivity index (χ3v) is 3.63. The Morgan fingerprint density at radius 2 is 1.77 bits per heavy atom. The molecular weight excluding hydrogens is 339 g/mol. The maximum absolute atomic E-state index is 12.0. The van der Waals surface area contributed by atoms with Gasteiger partial charge < -0.3 is 10.6 Å². The normalized spacial score (nSPS) is 10.1. The molecule has 22 heavy (non-hydrogen) atoms. The minimum Gasteiger partial charge on any atom is -0.332 e. The second kappa shape index (κ2) is 7.58. The fraction of sp³-hybridized carbons (Fsp3) is 0.125. The number of hydrogen-bond acceptors (Lipinski definition) is 2. The minimum atomic E-state index is -0.181. The van der Waals surface area contributed by atoms with Gasteiger partial charge in [0.2, 0.25) is 5.91 Å². The summed E-state index contributed by atoms with van der Waals surface area (Å²) in [6, 6.07) is 12.7. The van der Waals surface area contributed by atoms with Crippen LogP contribution < -0.4 is 10.6 Å². The van der Waals surface area contributed by atoms with Crippen LogP contribution in [0.5, 0.6) is 0 Å². The fourth-order valence-corrected chi connectivity index (χ4v) is 2.70. The number of nitrogens with one attached hydrogen (secondary N) is 2. The van der Waals surface area contributed by atoms with Crippen LogP contribution in [-0.4, -0.2) is 11.0 Å². The highest BCUT2D eigenvalue weighted by atomic mass is 35.5. The molecule has 0 aliphatic rings. The lowest BCUT2D eigenvalue weighted by molar-refractivity contribution is -0.119. The van der Waals surface area contributed by atoms with Gasteiger partial charge in [-0.2, -0.15) is 0 Å². The van der Waals surface area contributed by atoms with Crippen LogP contribution in [0.15, 0.2) is 42.5 Å². The Labute approximate surface area is 144 Å². The van der Waals surface area contributed by atoms with Crippen molar-refractivity contribution >= 4 is 52.1 Å². The van der Waals surface area contributed by atoms with E-state index in [2.05, 4.69) is 10.6 Å². The van der Waals surface area contributed by atoms with E-state index in [1.54, 1.807) is 18.2 Å². The summed E-state index contributed by atoms with van der Waals surface area (Å²) in [5.74, 6) is -0.181. The molecule has 114 valence electrons. The molecule has 0 unspecified atom stereocenters. The summed E-state index contributed by atoms with van der Waals surface area (Å²) in [7, 11) is 0. The average molecular weight is 353 g/mol. The van der Waals surface area contributed by atoms with E-state index in [1.165, 1.54) is 0 Å². The lowest BCUT2D eigenvalue weighted by Crippen LogP contribution is -2.35. The predicted molar refractivity (Wildman–Crippen MR) is 95.7 cm³/mol. The van der Waals surface area contributed by atoms with Gasteiger partial charge >= 0.3 is 0 Å². The third kappa shape index (κ3) is 4.98. The zero-order valence-electron chi connectivity index (χ0n) is 11.8. The summed E-state index contributed by atoms with van der Waals surface area (Å²) in [5, 5.41) is 6.71. The van der Waals surface area contributed by atoms with Gasteiger partial charge in [-0.15, -0.1) is 0 Å². The molecule has 0 spiro atoms. The van der Waals surface area contributed by atoms with E-state index in [9.17, 15) is 4.79 Å². The zero-order valence-corrected chi connectivity index (χ0v) is 14.1. The molecule has 0 saturated heterocycles. The number of anilines is 1. The van der Waals surface area contributed by atoms with Gasteiger partial charge in [0.25, 0.3) is 0 Å². The van der Waals surface area contributed by atoms with E-state index >= 15 is 0 Å². The molecule has 0 bridgehead atoms. The lowest BCUT2D eigenvalue weighted by atomic mass is 10.1. The Morgan fingerprint density at radius 1 is 1.14 bits per heavy atom. The first-order valence-corrected chi connectivity index (χ1v) is 7.72. The van der Waals surface area contributed by atoms with Gasteiger partial charge in [0.15, 0.2) is 5.11 Å². The lowest BCUT2D eigenvalue weighted by Gasteiger charge is -2.11. The summed E-state index contributed by atoms with van der Waals surface area (Å²) in [6.45, 7) is 1.97. The molecule has 2 aromatic rings. The first-order valence-electron chi connectivity index (χ1n) is 6.55. The minimum absolute atomic E-state index is 0.181. The molecule has 2 N–H and O–H groups in total. The number of rotatable bonds is 3. The molecule has 0 aliphatic heterocycles. The van der Waals surface area contributed by atoms with E-state index in [4.69, 9.17) is 35.4 Å². The van der Waals surface area contributed by atoms with Crippen molar-refractivity contribution in [3.05, 3.63) is 63.6 Å². The van der Waals surface area contributed by atoms with E-state index in [-0.39, 0.29) is 17.4 Å². The van der Waals surface area contributed by atoms with Crippen molar-refractivity contribution in [1.82, 2.24) is 5.32 Å². The summed E-state index contributed by atoms with van der Waals surface area (Å²) < 4.78 is 0. The highest BCUT2D eigenvalue weighted by Gasteiger charge is 2.08. The number of benzene rings is 2. The second-order valence-corrected chi connectivity index (χ2v) is 6.04. The van der Waals surface area contributed by atoms with Crippen LogP contribution in [-0.2, 0) is 11.2 Å². The quantitative estimate of drug-likeness (QED) is 0.806. The van der Waals surface area contributed by atoms with Gasteiger partial charge in [0.1, 0.15) is 0 Å². The third-order valence-electron chi connectivity index (χ3n) is 2.99. The number of carbonyl (C=O) groups is 1. The van der Waals surface area contributed by atoms with Crippen molar-refractivity contribution in [2.24, 2.45) is 0 Å². The van der Waals surface area contributed by atoms with Crippen molar-refractivity contribution in [1.29, 1.82) is 0 Å². The molecule has 2 aromatic carbocycles. The Balaban J connectivity index is 1.94. The first kappa shape index (κ1) is 16.7. The highest BCUT2D eigenvalue weighted by molar-refractivity contribution is 7.80. The molecule has 0 heterocycles. The Morgan fingerprint density at radius 3 is 2.41 bits per heavy atom. The number of aryl methyl sites for hydroxylation is 1. The maximum atomic E-state index is 12.0. The SMILES string of the molecule is Cc1ccccc1CC(=O)NC(=S)Nc1cc(Cl)cc(Cl)c1. The van der Waals surface area contributed by atoms with Gasteiger partial charge in [0, 0.05) is 15.7 Å². The molecule has 2 rings (SSSR count). The topological polar surface area (TPSA) is 41.1 Å². The van der Waals surface area contributed by atoms with Crippen molar-refractivity contribution < 1.29 is 4.79 Å². The number of amides is 1. The monoisotopic (exact) mass is 352 g/mol. The van der Waals surface area contributed by atoms with Crippen molar-refractivity contribution in [3.63, 3.8) is 0 Å². The molecule has 0 fully saturated rings. The molecule has 0 aliphatic carbocycles. The molecule has 6 heteroatoms. The average Bonchev–Trinajstić information content (AvgIpc) is 2.39. The molecule has 0 atom stereocenters. The zero-order chi connectivity index (χ0) is 16.1. The van der Waals surface area contributed by atoms with Crippen LogP contribution in [0.25, 0.3) is 0 Å². The van der Waals surface area contributed by atoms with E-state index in [1.807, 2.05) is 31.2 Å². The van der Waals surface area contributed by atoms with Gasteiger partial charge in [-0.05, 0) is 48.5 Å². The standard InChI is InChI=1S/C16H14Cl2N2OS/c1-10-4-2-3-5-11(10)6-15(21)20-16(22)19-14-8-12(17)7-13(18)9-14/h2-5,7-9H,6H2,1H3,(H2,19,20,21,22). The molecular formula is C16H14Cl2N2OS. The van der Waals surface area contributed by atoms with E-state index < -0.39 is 0 Å². The van der Waals surface area contributed by atoms with Gasteiger partial charge in [0.05, 0.1) is 6.42 Å². The summed E-state index contributed by atoms with van der Waals surface area (Å²) >= 11 is 16.9. The Bertz CT molecular complexity index is 699. The van der Waals surface area contributed by atoms with Gasteiger partial charge in [-0.1, -0.05) is 47.5 Å². The number of halogens is 2. The van der Waals surface area contributed by atoms with Crippen LogP contribution in [0.4, 0.5) is 5.69 Å². The van der Waals surface area contributed by atoms with Crippen molar-refractivity contribution in [2.45, 2.75) is 13.3 Å². The number of carbonyl (C=O) groups excluding carboxylic acids is 1. The van der Waals surface area contributed by atoms with Crippen LogP contribution in [0, 0.1) is 6.92 Å². The van der Waals surface area contributed by atoms with Gasteiger partial charge in [-0.25, -0.2) is 0 Å². The van der Waals surface area contributed by atoms with E-state index in [0.717, 1.165) is 11.1 Å². The van der Waals surface area contributed by atoms with Crippen LogP contribution in [0.2, 0.25) is 10.0 Å². The predicted octanol–water partition coefficient (Wildman–Crippen LogP) is 4.36. The summed E-state index contributed by atoms with van der Waals surface area (Å²) in [4.78, 5) is 12.0. The van der Waals surface area contributed by atoms with Crippen molar-refractivity contribution in [2.75, 3.05) is 5.32 Å². The summed E-state index contributed by atoms with van der Waals surface area (Å²) in [5.41, 5.74) is 2.66. The van der Waals surface area contributed by atoms with Crippen molar-refractivity contribution in [3.8, 4) is 0 Å². The highest BCUT2D eigenvalue weighted by Crippen LogP contribution is 2.22. The van der Waals surface area contributed by atoms with Gasteiger partial charge in [-0.3, -0.25) is 4.79 Å². The largest absolute Gasteiger partial charge is 0.332 e. The second-order valence-electron chi connectivity index (χ2n) is 4.76. The smallest absolute Gasteiger partial charge is 0.230 e. The van der Waals surface area contributed by atoms with E-state index in [0.29, 0.717) is 15.7 Å². The van der Waals surface area contributed by atoms with Crippen LogP contribution in [0.3, 0.4) is 0 Å². The summed E-state index contributed by atoms with van der Waals surface area (Å²) in [6.07, 6.45) is 0.269.